The van der Waals surface area contributed by atoms with Crippen LogP contribution < -0.4 is 5.32 Å². The van der Waals surface area contributed by atoms with Crippen molar-refractivity contribution in [3.63, 3.8) is 0 Å². The van der Waals surface area contributed by atoms with E-state index >= 15 is 0 Å². The monoisotopic (exact) mass is 229 g/mol. The van der Waals surface area contributed by atoms with E-state index in [2.05, 4.69) is 12.2 Å². The molecule has 3 atom stereocenters. The molecule has 1 N–H and O–H groups in total. The van der Waals surface area contributed by atoms with Crippen molar-refractivity contribution in [3.05, 3.63) is 0 Å². The molecule has 0 aromatic heterocycles. The predicted molar refractivity (Wildman–Crippen MR) is 66.5 cm³/mol. The fourth-order valence-electron chi connectivity index (χ4n) is 2.69. The molecule has 0 spiro atoms. The average Bonchev–Trinajstić information content (AvgIpc) is 2.85. The number of fused-ring (bicyclic) bond motifs is 2. The van der Waals surface area contributed by atoms with Gasteiger partial charge in [0.2, 0.25) is 0 Å². The second-order valence-corrected chi connectivity index (χ2v) is 6.02. The van der Waals surface area contributed by atoms with Crippen LogP contribution in [0.4, 0.5) is 0 Å². The molecule has 0 aromatic rings. The Kier molecular flexibility index (Phi) is 4.79. The molecule has 3 unspecified atom stereocenters. The van der Waals surface area contributed by atoms with E-state index in [1.165, 1.54) is 50.3 Å². The molecule has 2 heterocycles. The third kappa shape index (κ3) is 3.36. The summed E-state index contributed by atoms with van der Waals surface area (Å²) in [5.41, 5.74) is 0. The number of ether oxygens (including phenoxy) is 1. The molecule has 3 heteroatoms. The van der Waals surface area contributed by atoms with Gasteiger partial charge in [-0.2, -0.15) is 11.8 Å². The molecule has 2 saturated heterocycles. The molecule has 0 aromatic carbocycles. The van der Waals surface area contributed by atoms with Crippen molar-refractivity contribution in [3.8, 4) is 0 Å². The number of nitrogens with one attached hydrogen (secondary N) is 1. The zero-order chi connectivity index (χ0) is 10.5. The largest absolute Gasteiger partial charge is 0.375 e. The van der Waals surface area contributed by atoms with Crippen LogP contribution in [0, 0.1) is 5.92 Å². The molecule has 0 saturated carbocycles. The summed E-state index contributed by atoms with van der Waals surface area (Å²) < 4.78 is 5.84. The fraction of sp³-hybridized carbons (Fsp3) is 1.00. The number of hydrogen-bond acceptors (Lipinski definition) is 3. The van der Waals surface area contributed by atoms with Crippen LogP contribution in [0.1, 0.15) is 32.6 Å². The van der Waals surface area contributed by atoms with E-state index in [0.717, 1.165) is 5.92 Å². The molecule has 88 valence electrons. The first-order chi connectivity index (χ1) is 7.40. The lowest BCUT2D eigenvalue weighted by Gasteiger charge is -2.18. The normalized spacial score (nSPS) is 33.8. The van der Waals surface area contributed by atoms with Crippen LogP contribution in [0.15, 0.2) is 0 Å². The van der Waals surface area contributed by atoms with E-state index in [0.29, 0.717) is 12.2 Å². The molecule has 0 aliphatic carbocycles. The molecule has 0 amide bonds. The van der Waals surface area contributed by atoms with E-state index in [-0.39, 0.29) is 0 Å². The SMILES string of the molecule is CCSCCCNCC1CC2CCC1O2. The van der Waals surface area contributed by atoms with Gasteiger partial charge in [-0.05, 0) is 43.7 Å². The lowest BCUT2D eigenvalue weighted by Crippen LogP contribution is -2.30. The fourth-order valence-corrected chi connectivity index (χ4v) is 3.33. The van der Waals surface area contributed by atoms with Gasteiger partial charge in [0, 0.05) is 12.5 Å². The first kappa shape index (κ1) is 11.7. The maximum atomic E-state index is 5.84. The third-order valence-electron chi connectivity index (χ3n) is 3.48. The van der Waals surface area contributed by atoms with Gasteiger partial charge in [0.1, 0.15) is 0 Å². The minimum absolute atomic E-state index is 0.590. The molecule has 0 radical (unpaired) electrons. The van der Waals surface area contributed by atoms with Gasteiger partial charge < -0.3 is 10.1 Å². The Bertz CT molecular complexity index is 188. The molecule has 2 aliphatic rings. The summed E-state index contributed by atoms with van der Waals surface area (Å²) in [6.07, 6.45) is 6.43. The highest BCUT2D eigenvalue weighted by atomic mass is 32.2. The molecule has 2 fully saturated rings. The summed E-state index contributed by atoms with van der Waals surface area (Å²) in [4.78, 5) is 0. The first-order valence-electron chi connectivity index (χ1n) is 6.34. The Hall–Kier alpha value is 0.270. The van der Waals surface area contributed by atoms with E-state index < -0.39 is 0 Å². The second-order valence-electron chi connectivity index (χ2n) is 4.62. The van der Waals surface area contributed by atoms with E-state index in [4.69, 9.17) is 4.74 Å². The molecule has 2 bridgehead atoms. The quantitative estimate of drug-likeness (QED) is 0.677. The minimum atomic E-state index is 0.590. The molecule has 15 heavy (non-hydrogen) atoms. The zero-order valence-electron chi connectivity index (χ0n) is 9.71. The van der Waals surface area contributed by atoms with Gasteiger partial charge in [-0.1, -0.05) is 6.92 Å². The van der Waals surface area contributed by atoms with Gasteiger partial charge in [-0.3, -0.25) is 0 Å². The predicted octanol–water partition coefficient (Wildman–Crippen LogP) is 2.29. The van der Waals surface area contributed by atoms with Crippen LogP contribution in [-0.2, 0) is 4.74 Å². The van der Waals surface area contributed by atoms with Crippen LogP contribution in [0.25, 0.3) is 0 Å². The average molecular weight is 229 g/mol. The molecule has 2 aliphatic heterocycles. The maximum absolute atomic E-state index is 5.84. The van der Waals surface area contributed by atoms with E-state index in [1.807, 2.05) is 11.8 Å². The number of rotatable bonds is 7. The Morgan fingerprint density at radius 1 is 1.40 bits per heavy atom. The van der Waals surface area contributed by atoms with Crippen molar-refractivity contribution in [2.75, 3.05) is 24.6 Å². The van der Waals surface area contributed by atoms with Gasteiger partial charge >= 0.3 is 0 Å². The highest BCUT2D eigenvalue weighted by Crippen LogP contribution is 2.38. The third-order valence-corrected chi connectivity index (χ3v) is 4.47. The summed E-state index contributed by atoms with van der Waals surface area (Å²) in [5, 5.41) is 3.58. The zero-order valence-corrected chi connectivity index (χ0v) is 10.5. The Morgan fingerprint density at radius 3 is 3.00 bits per heavy atom. The molecule has 2 nitrogen and oxygen atoms in total. The van der Waals surface area contributed by atoms with Crippen LogP contribution in [-0.4, -0.2) is 36.8 Å². The van der Waals surface area contributed by atoms with Crippen molar-refractivity contribution in [1.82, 2.24) is 5.32 Å². The van der Waals surface area contributed by atoms with Gasteiger partial charge in [0.15, 0.2) is 0 Å². The Balaban J connectivity index is 1.48. The Morgan fingerprint density at radius 2 is 2.33 bits per heavy atom. The molecular formula is C12H23NOS. The second kappa shape index (κ2) is 6.12. The summed E-state index contributed by atoms with van der Waals surface area (Å²) in [5.74, 6) is 3.36. The lowest BCUT2D eigenvalue weighted by atomic mass is 9.89. The Labute approximate surface area is 97.5 Å². The van der Waals surface area contributed by atoms with E-state index in [1.54, 1.807) is 0 Å². The summed E-state index contributed by atoms with van der Waals surface area (Å²) in [6.45, 7) is 4.59. The maximum Gasteiger partial charge on any atom is 0.0621 e. The standard InChI is InChI=1S/C12H23NOS/c1-2-15-7-3-6-13-9-10-8-11-4-5-12(10)14-11/h10-13H,2-9H2,1H3. The van der Waals surface area contributed by atoms with Crippen LogP contribution in [0.3, 0.4) is 0 Å². The van der Waals surface area contributed by atoms with Gasteiger partial charge in [0.25, 0.3) is 0 Å². The van der Waals surface area contributed by atoms with Crippen molar-refractivity contribution in [1.29, 1.82) is 0 Å². The van der Waals surface area contributed by atoms with Crippen LogP contribution in [0.2, 0.25) is 0 Å². The highest BCUT2D eigenvalue weighted by molar-refractivity contribution is 7.99. The van der Waals surface area contributed by atoms with Gasteiger partial charge in [0.05, 0.1) is 12.2 Å². The van der Waals surface area contributed by atoms with E-state index in [9.17, 15) is 0 Å². The highest BCUT2D eigenvalue weighted by Gasteiger charge is 2.40. The summed E-state index contributed by atoms with van der Waals surface area (Å²) in [7, 11) is 0. The van der Waals surface area contributed by atoms with Crippen LogP contribution >= 0.6 is 11.8 Å². The smallest absolute Gasteiger partial charge is 0.0621 e. The summed E-state index contributed by atoms with van der Waals surface area (Å²) in [6, 6.07) is 0. The van der Waals surface area contributed by atoms with Crippen molar-refractivity contribution < 1.29 is 4.74 Å². The number of hydrogen-bond donors (Lipinski definition) is 1. The van der Waals surface area contributed by atoms with Crippen molar-refractivity contribution in [2.24, 2.45) is 5.92 Å². The van der Waals surface area contributed by atoms with Gasteiger partial charge in [-0.25, -0.2) is 0 Å². The minimum Gasteiger partial charge on any atom is -0.375 e. The van der Waals surface area contributed by atoms with Crippen molar-refractivity contribution in [2.45, 2.75) is 44.8 Å². The van der Waals surface area contributed by atoms with Crippen molar-refractivity contribution >= 4 is 11.8 Å². The molecular weight excluding hydrogens is 206 g/mol. The number of thioether (sulfide) groups is 1. The van der Waals surface area contributed by atoms with Crippen LogP contribution in [0.5, 0.6) is 0 Å². The molecule has 2 rings (SSSR count). The summed E-state index contributed by atoms with van der Waals surface area (Å²) >= 11 is 2.04. The lowest BCUT2D eigenvalue weighted by molar-refractivity contribution is 0.0924. The first-order valence-corrected chi connectivity index (χ1v) is 7.49. The van der Waals surface area contributed by atoms with Gasteiger partial charge in [-0.15, -0.1) is 0 Å². The topological polar surface area (TPSA) is 21.3 Å².